The molecule has 2 rings (SSSR count). The molecular formula is C17H20BrClN2. The summed E-state index contributed by atoms with van der Waals surface area (Å²) in [4.78, 5) is 2.28. The van der Waals surface area contributed by atoms with Crippen LogP contribution in [0.1, 0.15) is 12.0 Å². The molecule has 0 saturated heterocycles. The highest BCUT2D eigenvalue weighted by Gasteiger charge is 2.01. The SMILES string of the molecule is CN(CCCNCc1ccc(Cl)cc1Br)c1ccccc1. The van der Waals surface area contributed by atoms with Gasteiger partial charge in [-0.2, -0.15) is 0 Å². The smallest absolute Gasteiger partial charge is 0.0417 e. The zero-order valence-corrected chi connectivity index (χ0v) is 14.5. The van der Waals surface area contributed by atoms with Gasteiger partial charge in [-0.3, -0.25) is 0 Å². The number of nitrogens with zero attached hydrogens (tertiary/aromatic N) is 1. The second-order valence-corrected chi connectivity index (χ2v) is 6.31. The Balaban J connectivity index is 1.68. The van der Waals surface area contributed by atoms with Crippen LogP contribution < -0.4 is 10.2 Å². The van der Waals surface area contributed by atoms with Crippen molar-refractivity contribution in [2.45, 2.75) is 13.0 Å². The number of benzene rings is 2. The van der Waals surface area contributed by atoms with E-state index in [-0.39, 0.29) is 0 Å². The van der Waals surface area contributed by atoms with Crippen molar-refractivity contribution >= 4 is 33.2 Å². The average Bonchev–Trinajstić information content (AvgIpc) is 2.49. The second kappa shape index (κ2) is 8.42. The molecule has 2 aromatic carbocycles. The molecule has 0 heterocycles. The molecule has 2 aromatic rings. The third-order valence-corrected chi connectivity index (χ3v) is 4.35. The van der Waals surface area contributed by atoms with E-state index in [1.165, 1.54) is 11.3 Å². The van der Waals surface area contributed by atoms with E-state index in [1.54, 1.807) is 0 Å². The number of hydrogen-bond donors (Lipinski definition) is 1. The Morgan fingerprint density at radius 1 is 1.14 bits per heavy atom. The van der Waals surface area contributed by atoms with E-state index >= 15 is 0 Å². The maximum Gasteiger partial charge on any atom is 0.0417 e. The highest BCUT2D eigenvalue weighted by molar-refractivity contribution is 9.10. The quantitative estimate of drug-likeness (QED) is 0.712. The predicted molar refractivity (Wildman–Crippen MR) is 95.2 cm³/mol. The minimum atomic E-state index is 0.759. The zero-order chi connectivity index (χ0) is 15.1. The summed E-state index contributed by atoms with van der Waals surface area (Å²) in [7, 11) is 2.13. The van der Waals surface area contributed by atoms with E-state index in [0.717, 1.165) is 35.6 Å². The Labute approximate surface area is 140 Å². The van der Waals surface area contributed by atoms with E-state index in [4.69, 9.17) is 11.6 Å². The summed E-state index contributed by atoms with van der Waals surface area (Å²) < 4.78 is 1.06. The summed E-state index contributed by atoms with van der Waals surface area (Å²) >= 11 is 9.48. The van der Waals surface area contributed by atoms with Crippen LogP contribution in [0, 0.1) is 0 Å². The van der Waals surface area contributed by atoms with Crippen molar-refractivity contribution in [3.63, 3.8) is 0 Å². The number of nitrogens with one attached hydrogen (secondary N) is 1. The fourth-order valence-electron chi connectivity index (χ4n) is 2.14. The van der Waals surface area contributed by atoms with Crippen LogP contribution in [0.3, 0.4) is 0 Å². The lowest BCUT2D eigenvalue weighted by Crippen LogP contribution is -2.23. The fourth-order valence-corrected chi connectivity index (χ4v) is 2.96. The van der Waals surface area contributed by atoms with Gasteiger partial charge < -0.3 is 10.2 Å². The number of hydrogen-bond acceptors (Lipinski definition) is 2. The van der Waals surface area contributed by atoms with Crippen molar-refractivity contribution in [3.8, 4) is 0 Å². The minimum absolute atomic E-state index is 0.759. The molecule has 0 aliphatic carbocycles. The summed E-state index contributed by atoms with van der Waals surface area (Å²) in [6.07, 6.45) is 1.11. The molecule has 0 aromatic heterocycles. The first-order valence-electron chi connectivity index (χ1n) is 7.07. The van der Waals surface area contributed by atoms with Crippen LogP contribution in [-0.4, -0.2) is 20.1 Å². The molecule has 2 nitrogen and oxygen atoms in total. The molecule has 0 unspecified atom stereocenters. The monoisotopic (exact) mass is 366 g/mol. The Hall–Kier alpha value is -1.03. The Morgan fingerprint density at radius 2 is 1.90 bits per heavy atom. The lowest BCUT2D eigenvalue weighted by atomic mass is 10.2. The zero-order valence-electron chi connectivity index (χ0n) is 12.2. The van der Waals surface area contributed by atoms with Gasteiger partial charge in [-0.05, 0) is 42.8 Å². The van der Waals surface area contributed by atoms with Crippen molar-refractivity contribution in [1.29, 1.82) is 0 Å². The van der Waals surface area contributed by atoms with Crippen molar-refractivity contribution in [3.05, 3.63) is 63.6 Å². The van der Waals surface area contributed by atoms with Gasteiger partial charge in [0.15, 0.2) is 0 Å². The number of para-hydroxylation sites is 1. The third kappa shape index (κ3) is 5.34. The molecule has 4 heteroatoms. The van der Waals surface area contributed by atoms with Gasteiger partial charge in [-0.1, -0.05) is 51.8 Å². The van der Waals surface area contributed by atoms with Gasteiger partial charge in [0.25, 0.3) is 0 Å². The van der Waals surface area contributed by atoms with Crippen molar-refractivity contribution in [2.24, 2.45) is 0 Å². The molecule has 0 amide bonds. The highest BCUT2D eigenvalue weighted by atomic mass is 79.9. The average molecular weight is 368 g/mol. The summed E-state index contributed by atoms with van der Waals surface area (Å²) in [5, 5.41) is 4.23. The molecule has 0 radical (unpaired) electrons. The van der Waals surface area contributed by atoms with Gasteiger partial charge in [-0.15, -0.1) is 0 Å². The maximum atomic E-state index is 5.94. The number of halogens is 2. The molecule has 0 aliphatic heterocycles. The topological polar surface area (TPSA) is 15.3 Å². The van der Waals surface area contributed by atoms with E-state index in [2.05, 4.69) is 63.5 Å². The molecule has 0 fully saturated rings. The Kier molecular flexibility index (Phi) is 6.55. The minimum Gasteiger partial charge on any atom is -0.375 e. The van der Waals surface area contributed by atoms with E-state index in [1.807, 2.05) is 18.2 Å². The predicted octanol–water partition coefficient (Wildman–Crippen LogP) is 4.72. The molecule has 0 aliphatic rings. The van der Waals surface area contributed by atoms with Gasteiger partial charge in [0.05, 0.1) is 0 Å². The van der Waals surface area contributed by atoms with Crippen LogP contribution >= 0.6 is 27.5 Å². The summed E-state index contributed by atoms with van der Waals surface area (Å²) in [6, 6.07) is 16.4. The second-order valence-electron chi connectivity index (χ2n) is 5.02. The number of rotatable bonds is 7. The summed E-state index contributed by atoms with van der Waals surface area (Å²) in [5.74, 6) is 0. The normalized spacial score (nSPS) is 10.6. The first kappa shape index (κ1) is 16.3. The van der Waals surface area contributed by atoms with E-state index < -0.39 is 0 Å². The van der Waals surface area contributed by atoms with Gasteiger partial charge >= 0.3 is 0 Å². The lowest BCUT2D eigenvalue weighted by molar-refractivity contribution is 0.645. The van der Waals surface area contributed by atoms with Gasteiger partial charge in [0, 0.05) is 35.3 Å². The van der Waals surface area contributed by atoms with Crippen LogP contribution in [0.25, 0.3) is 0 Å². The van der Waals surface area contributed by atoms with Gasteiger partial charge in [0.1, 0.15) is 0 Å². The molecule has 0 saturated carbocycles. The van der Waals surface area contributed by atoms with Crippen LogP contribution in [0.15, 0.2) is 53.0 Å². The highest BCUT2D eigenvalue weighted by Crippen LogP contribution is 2.21. The summed E-state index contributed by atoms with van der Waals surface area (Å²) in [5.41, 5.74) is 2.49. The molecule has 21 heavy (non-hydrogen) atoms. The Morgan fingerprint density at radius 3 is 2.62 bits per heavy atom. The van der Waals surface area contributed by atoms with Gasteiger partial charge in [0.2, 0.25) is 0 Å². The fraction of sp³-hybridized carbons (Fsp3) is 0.294. The van der Waals surface area contributed by atoms with E-state index in [0.29, 0.717) is 0 Å². The standard InChI is InChI=1S/C17H20BrClN2/c1-21(16-6-3-2-4-7-16)11-5-10-20-13-14-8-9-15(19)12-17(14)18/h2-4,6-9,12,20H,5,10-11,13H2,1H3. The van der Waals surface area contributed by atoms with Crippen molar-refractivity contribution < 1.29 is 0 Å². The molecule has 0 spiro atoms. The van der Waals surface area contributed by atoms with Crippen molar-refractivity contribution in [2.75, 3.05) is 25.0 Å². The first-order valence-corrected chi connectivity index (χ1v) is 8.25. The molecule has 0 bridgehead atoms. The first-order chi connectivity index (χ1) is 10.2. The lowest BCUT2D eigenvalue weighted by Gasteiger charge is -2.19. The maximum absolute atomic E-state index is 5.94. The van der Waals surface area contributed by atoms with Crippen LogP contribution in [0.2, 0.25) is 5.02 Å². The van der Waals surface area contributed by atoms with E-state index in [9.17, 15) is 0 Å². The molecule has 112 valence electrons. The molecule has 0 atom stereocenters. The van der Waals surface area contributed by atoms with Crippen molar-refractivity contribution in [1.82, 2.24) is 5.32 Å². The number of anilines is 1. The van der Waals surface area contributed by atoms with Gasteiger partial charge in [-0.25, -0.2) is 0 Å². The van der Waals surface area contributed by atoms with Crippen LogP contribution in [-0.2, 0) is 6.54 Å². The van der Waals surface area contributed by atoms with Crippen LogP contribution in [0.5, 0.6) is 0 Å². The molecule has 1 N–H and O–H groups in total. The largest absolute Gasteiger partial charge is 0.375 e. The summed E-state index contributed by atoms with van der Waals surface area (Å²) in [6.45, 7) is 2.89. The third-order valence-electron chi connectivity index (χ3n) is 3.37. The molecular weight excluding hydrogens is 348 g/mol. The Bertz CT molecular complexity index is 560. The van der Waals surface area contributed by atoms with Crippen LogP contribution in [0.4, 0.5) is 5.69 Å².